The molecule has 0 saturated carbocycles. The van der Waals surface area contributed by atoms with E-state index in [2.05, 4.69) is 32.9 Å². The predicted molar refractivity (Wildman–Crippen MR) is 104 cm³/mol. The van der Waals surface area contributed by atoms with Gasteiger partial charge in [0.15, 0.2) is 11.5 Å². The van der Waals surface area contributed by atoms with Crippen LogP contribution in [-0.4, -0.2) is 18.7 Å². The van der Waals surface area contributed by atoms with E-state index in [0.29, 0.717) is 21.5 Å². The number of terminal acetylenes is 1. The van der Waals surface area contributed by atoms with Crippen molar-refractivity contribution in [3.8, 4) is 41.0 Å². The molecule has 2 N–H and O–H groups in total. The molecule has 0 radical (unpaired) electrons. The summed E-state index contributed by atoms with van der Waals surface area (Å²) in [7, 11) is 1.57. The maximum absolute atomic E-state index is 9.67. The number of aromatic nitrogens is 1. The van der Waals surface area contributed by atoms with E-state index in [-0.39, 0.29) is 12.4 Å². The fourth-order valence-electron chi connectivity index (χ4n) is 3.31. The Morgan fingerprint density at radius 3 is 2.81 bits per heavy atom. The second-order valence-corrected chi connectivity index (χ2v) is 6.83. The molecule has 1 aliphatic carbocycles. The Kier molecular flexibility index (Phi) is 5.35. The lowest BCUT2D eigenvalue weighted by Crippen LogP contribution is -2.12. The largest absolute Gasteiger partial charge is 0.493 e. The smallest absolute Gasteiger partial charge is 0.176 e. The first-order valence-corrected chi connectivity index (χ1v) is 9.05. The van der Waals surface area contributed by atoms with Gasteiger partial charge < -0.3 is 15.2 Å². The molecule has 1 heterocycles. The number of nitriles is 1. The average Bonchev–Trinajstić information content (AvgIpc) is 2.65. The number of hydrogen-bond acceptors (Lipinski definition) is 5. The Balaban J connectivity index is 2.24. The minimum Gasteiger partial charge on any atom is -0.493 e. The van der Waals surface area contributed by atoms with Crippen molar-refractivity contribution in [2.45, 2.75) is 25.7 Å². The van der Waals surface area contributed by atoms with Gasteiger partial charge in [0.1, 0.15) is 24.1 Å². The van der Waals surface area contributed by atoms with Crippen molar-refractivity contribution in [2.24, 2.45) is 0 Å². The molecule has 0 saturated heterocycles. The van der Waals surface area contributed by atoms with Gasteiger partial charge in [-0.2, -0.15) is 5.26 Å². The van der Waals surface area contributed by atoms with Crippen LogP contribution in [0.25, 0.3) is 11.1 Å². The lowest BCUT2D eigenvalue weighted by Gasteiger charge is -2.22. The molecule has 0 aliphatic heterocycles. The van der Waals surface area contributed by atoms with Gasteiger partial charge in [-0.15, -0.1) is 6.42 Å². The van der Waals surface area contributed by atoms with Gasteiger partial charge in [0.2, 0.25) is 0 Å². The number of pyridine rings is 1. The second kappa shape index (κ2) is 7.68. The molecule has 0 fully saturated rings. The highest BCUT2D eigenvalue weighted by atomic mass is 79.9. The quantitative estimate of drug-likeness (QED) is 0.772. The summed E-state index contributed by atoms with van der Waals surface area (Å²) in [5.41, 5.74) is 10.2. The third-order valence-corrected chi connectivity index (χ3v) is 5.02. The zero-order valence-corrected chi connectivity index (χ0v) is 16.0. The van der Waals surface area contributed by atoms with Crippen molar-refractivity contribution < 1.29 is 9.47 Å². The fraction of sp³-hybridized carbons (Fsp3) is 0.300. The molecule has 1 aliphatic rings. The molecule has 2 aromatic rings. The highest BCUT2D eigenvalue weighted by Gasteiger charge is 2.23. The van der Waals surface area contributed by atoms with Gasteiger partial charge in [-0.1, -0.05) is 5.92 Å². The third kappa shape index (κ3) is 3.21. The molecule has 132 valence electrons. The first kappa shape index (κ1) is 18.1. The Morgan fingerprint density at radius 1 is 1.35 bits per heavy atom. The SMILES string of the molecule is C#CCOc1c(Br)cc(-c2c(C#N)c(N)nc3c2CCCC3)cc1OC. The number of benzene rings is 1. The average molecular weight is 412 g/mol. The molecule has 0 spiro atoms. The van der Waals surface area contributed by atoms with E-state index in [4.69, 9.17) is 21.6 Å². The van der Waals surface area contributed by atoms with Crippen LogP contribution in [0.1, 0.15) is 29.7 Å². The molecular weight excluding hydrogens is 394 g/mol. The lowest BCUT2D eigenvalue weighted by molar-refractivity contribution is 0.329. The van der Waals surface area contributed by atoms with E-state index >= 15 is 0 Å². The fourth-order valence-corrected chi connectivity index (χ4v) is 3.87. The Morgan fingerprint density at radius 2 is 2.12 bits per heavy atom. The summed E-state index contributed by atoms with van der Waals surface area (Å²) >= 11 is 3.52. The molecule has 0 atom stereocenters. The number of nitrogens with zero attached hydrogens (tertiary/aromatic N) is 2. The normalized spacial score (nSPS) is 12.6. The monoisotopic (exact) mass is 411 g/mol. The summed E-state index contributed by atoms with van der Waals surface area (Å²) in [5.74, 6) is 3.78. The molecular formula is C20H18BrN3O2. The molecule has 6 heteroatoms. The molecule has 1 aromatic carbocycles. The van der Waals surface area contributed by atoms with Crippen LogP contribution in [0.3, 0.4) is 0 Å². The van der Waals surface area contributed by atoms with Crippen LogP contribution in [0.5, 0.6) is 11.5 Å². The van der Waals surface area contributed by atoms with Gasteiger partial charge in [0.25, 0.3) is 0 Å². The number of aryl methyl sites for hydroxylation is 1. The van der Waals surface area contributed by atoms with E-state index in [1.54, 1.807) is 7.11 Å². The van der Waals surface area contributed by atoms with Crippen LogP contribution in [0.4, 0.5) is 5.82 Å². The van der Waals surface area contributed by atoms with Gasteiger partial charge in [-0.05, 0) is 64.9 Å². The van der Waals surface area contributed by atoms with Crippen LogP contribution in [0.15, 0.2) is 16.6 Å². The molecule has 1 aromatic heterocycles. The summed E-state index contributed by atoms with van der Waals surface area (Å²) in [6.07, 6.45) is 9.18. The van der Waals surface area contributed by atoms with E-state index in [9.17, 15) is 5.26 Å². The summed E-state index contributed by atoms with van der Waals surface area (Å²) in [6.45, 7) is 0.134. The number of nitrogens with two attached hydrogens (primary N) is 1. The predicted octanol–water partition coefficient (Wildman–Crippen LogP) is 3.86. The number of hydrogen-bond donors (Lipinski definition) is 1. The zero-order chi connectivity index (χ0) is 18.7. The standard InChI is InChI=1S/C20H18BrN3O2/c1-3-8-26-19-15(21)9-12(10-17(19)25-2)18-13-6-4-5-7-16(13)24-20(23)14(18)11-22/h1,9-10H,4-8H2,2H3,(H2,23,24). The van der Waals surface area contributed by atoms with Crippen molar-refractivity contribution in [3.05, 3.63) is 33.4 Å². The maximum Gasteiger partial charge on any atom is 0.176 e. The summed E-state index contributed by atoms with van der Waals surface area (Å²) in [6, 6.07) is 5.97. The van der Waals surface area contributed by atoms with Crippen molar-refractivity contribution >= 4 is 21.7 Å². The highest BCUT2D eigenvalue weighted by molar-refractivity contribution is 9.10. The first-order valence-electron chi connectivity index (χ1n) is 8.26. The van der Waals surface area contributed by atoms with Gasteiger partial charge in [-0.25, -0.2) is 4.98 Å². The molecule has 0 unspecified atom stereocenters. The van der Waals surface area contributed by atoms with Crippen LogP contribution in [0.2, 0.25) is 0 Å². The zero-order valence-electron chi connectivity index (χ0n) is 14.4. The van der Waals surface area contributed by atoms with E-state index in [0.717, 1.165) is 48.1 Å². The summed E-state index contributed by atoms with van der Waals surface area (Å²) < 4.78 is 11.8. The van der Waals surface area contributed by atoms with E-state index in [1.165, 1.54) is 0 Å². The second-order valence-electron chi connectivity index (χ2n) is 5.97. The first-order chi connectivity index (χ1) is 12.6. The summed E-state index contributed by atoms with van der Waals surface area (Å²) in [5, 5.41) is 9.67. The van der Waals surface area contributed by atoms with Gasteiger partial charge in [-0.3, -0.25) is 0 Å². The third-order valence-electron chi connectivity index (χ3n) is 4.43. The Bertz CT molecular complexity index is 942. The number of methoxy groups -OCH3 is 1. The molecule has 0 amide bonds. The topological polar surface area (TPSA) is 81.2 Å². The Labute approximate surface area is 161 Å². The number of anilines is 1. The molecule has 26 heavy (non-hydrogen) atoms. The van der Waals surface area contributed by atoms with Crippen molar-refractivity contribution in [3.63, 3.8) is 0 Å². The van der Waals surface area contributed by atoms with E-state index in [1.807, 2.05) is 12.1 Å². The number of halogens is 1. The van der Waals surface area contributed by atoms with Crippen LogP contribution >= 0.6 is 15.9 Å². The minimum absolute atomic E-state index is 0.134. The van der Waals surface area contributed by atoms with Crippen molar-refractivity contribution in [1.82, 2.24) is 4.98 Å². The number of fused-ring (bicyclic) bond motifs is 1. The molecule has 0 bridgehead atoms. The highest BCUT2D eigenvalue weighted by Crippen LogP contribution is 2.43. The Hall–Kier alpha value is -2.70. The van der Waals surface area contributed by atoms with Gasteiger partial charge >= 0.3 is 0 Å². The minimum atomic E-state index is 0.134. The molecule has 3 rings (SSSR count). The number of nitrogen functional groups attached to an aromatic ring is 1. The summed E-state index contributed by atoms with van der Waals surface area (Å²) in [4.78, 5) is 4.46. The van der Waals surface area contributed by atoms with Gasteiger partial charge in [0.05, 0.1) is 11.6 Å². The maximum atomic E-state index is 9.67. The van der Waals surface area contributed by atoms with E-state index < -0.39 is 0 Å². The number of rotatable bonds is 4. The van der Waals surface area contributed by atoms with Crippen molar-refractivity contribution in [2.75, 3.05) is 19.5 Å². The van der Waals surface area contributed by atoms with Crippen LogP contribution < -0.4 is 15.2 Å². The van der Waals surface area contributed by atoms with Gasteiger partial charge in [0, 0.05) is 11.3 Å². The molecule has 5 nitrogen and oxygen atoms in total. The van der Waals surface area contributed by atoms with Crippen LogP contribution in [0, 0.1) is 23.7 Å². The van der Waals surface area contributed by atoms with Crippen molar-refractivity contribution in [1.29, 1.82) is 5.26 Å². The lowest BCUT2D eigenvalue weighted by atomic mass is 9.86. The number of ether oxygens (including phenoxy) is 2. The van der Waals surface area contributed by atoms with Crippen LogP contribution in [-0.2, 0) is 12.8 Å².